The number of likely N-dealkylation sites (tertiary alicyclic amines) is 1. The normalized spacial score (nSPS) is 19.6. The summed E-state index contributed by atoms with van der Waals surface area (Å²) < 4.78 is 0. The van der Waals surface area contributed by atoms with Gasteiger partial charge in [0.15, 0.2) is 0 Å². The van der Waals surface area contributed by atoms with Gasteiger partial charge in [0.2, 0.25) is 5.91 Å². The lowest BCUT2D eigenvalue weighted by atomic mass is 10.1. The summed E-state index contributed by atoms with van der Waals surface area (Å²) in [6.45, 7) is 2.77. The minimum absolute atomic E-state index is 0.0287. The molecule has 1 aliphatic heterocycles. The van der Waals surface area contributed by atoms with Gasteiger partial charge >= 0.3 is 5.97 Å². The second-order valence-corrected chi connectivity index (χ2v) is 5.26. The zero-order valence-electron chi connectivity index (χ0n) is 9.55. The molecule has 1 fully saturated rings. The Morgan fingerprint density at radius 3 is 2.94 bits per heavy atom. The van der Waals surface area contributed by atoms with Crippen LogP contribution in [0.25, 0.3) is 0 Å². The maximum atomic E-state index is 11.9. The number of hydrogen-bond acceptors (Lipinski definition) is 4. The number of carboxylic acids is 1. The van der Waals surface area contributed by atoms with Gasteiger partial charge in [0, 0.05) is 18.5 Å². The SMILES string of the molecule is Cc1nc(CC(=O)N2CC[C@@H](C(=O)O)C2)cs1. The van der Waals surface area contributed by atoms with Crippen molar-refractivity contribution in [3.05, 3.63) is 16.1 Å². The predicted molar refractivity (Wildman–Crippen MR) is 62.9 cm³/mol. The van der Waals surface area contributed by atoms with E-state index in [1.165, 1.54) is 11.3 Å². The van der Waals surface area contributed by atoms with Crippen molar-refractivity contribution in [2.24, 2.45) is 5.92 Å². The molecule has 1 aromatic heterocycles. The summed E-state index contributed by atoms with van der Waals surface area (Å²) in [6, 6.07) is 0. The molecule has 0 saturated carbocycles. The van der Waals surface area contributed by atoms with Crippen LogP contribution in [0, 0.1) is 12.8 Å². The van der Waals surface area contributed by atoms with E-state index in [0.29, 0.717) is 19.5 Å². The van der Waals surface area contributed by atoms with E-state index in [4.69, 9.17) is 5.11 Å². The monoisotopic (exact) mass is 254 g/mol. The average Bonchev–Trinajstić information content (AvgIpc) is 2.86. The number of carboxylic acid groups (broad SMARTS) is 1. The fourth-order valence-electron chi connectivity index (χ4n) is 1.94. The molecule has 1 saturated heterocycles. The third-order valence-electron chi connectivity index (χ3n) is 2.89. The second-order valence-electron chi connectivity index (χ2n) is 4.20. The van der Waals surface area contributed by atoms with E-state index in [-0.39, 0.29) is 12.3 Å². The predicted octanol–water partition coefficient (Wildman–Crippen LogP) is 0.927. The Bertz CT molecular complexity index is 444. The molecule has 0 unspecified atom stereocenters. The van der Waals surface area contributed by atoms with Crippen molar-refractivity contribution in [1.82, 2.24) is 9.88 Å². The van der Waals surface area contributed by atoms with E-state index in [1.54, 1.807) is 4.90 Å². The molecule has 0 aliphatic carbocycles. The fourth-order valence-corrected chi connectivity index (χ4v) is 2.56. The molecule has 0 bridgehead atoms. The molecule has 0 spiro atoms. The first-order valence-electron chi connectivity index (χ1n) is 5.48. The van der Waals surface area contributed by atoms with E-state index in [0.717, 1.165) is 10.7 Å². The quantitative estimate of drug-likeness (QED) is 0.871. The molecule has 92 valence electrons. The molecule has 1 N–H and O–H groups in total. The van der Waals surface area contributed by atoms with Gasteiger partial charge in [-0.05, 0) is 13.3 Å². The van der Waals surface area contributed by atoms with Crippen molar-refractivity contribution in [3.8, 4) is 0 Å². The molecule has 2 rings (SSSR count). The van der Waals surface area contributed by atoms with E-state index in [1.807, 2.05) is 12.3 Å². The number of carbonyl (C=O) groups excluding carboxylic acids is 1. The zero-order chi connectivity index (χ0) is 12.4. The molecule has 17 heavy (non-hydrogen) atoms. The molecule has 1 aliphatic rings. The number of aryl methyl sites for hydroxylation is 1. The number of nitrogens with zero attached hydrogens (tertiary/aromatic N) is 2. The molecule has 1 amide bonds. The number of thiazole rings is 1. The molecular weight excluding hydrogens is 240 g/mol. The lowest BCUT2D eigenvalue weighted by Gasteiger charge is -2.14. The van der Waals surface area contributed by atoms with Crippen LogP contribution in [0.15, 0.2) is 5.38 Å². The van der Waals surface area contributed by atoms with Crippen LogP contribution in [0.5, 0.6) is 0 Å². The molecule has 1 atom stereocenters. The number of carbonyl (C=O) groups is 2. The first kappa shape index (κ1) is 12.0. The summed E-state index contributed by atoms with van der Waals surface area (Å²) in [7, 11) is 0. The minimum Gasteiger partial charge on any atom is -0.481 e. The Kier molecular flexibility index (Phi) is 3.42. The van der Waals surface area contributed by atoms with Gasteiger partial charge in [0.25, 0.3) is 0 Å². The summed E-state index contributed by atoms with van der Waals surface area (Å²) in [5, 5.41) is 11.7. The van der Waals surface area contributed by atoms with E-state index in [9.17, 15) is 9.59 Å². The largest absolute Gasteiger partial charge is 0.481 e. The van der Waals surface area contributed by atoms with E-state index in [2.05, 4.69) is 4.98 Å². The molecule has 0 aromatic carbocycles. The maximum Gasteiger partial charge on any atom is 0.308 e. The highest BCUT2D eigenvalue weighted by molar-refractivity contribution is 7.09. The number of amides is 1. The Hall–Kier alpha value is -1.43. The second kappa shape index (κ2) is 4.83. The van der Waals surface area contributed by atoms with Crippen LogP contribution in [0.1, 0.15) is 17.1 Å². The van der Waals surface area contributed by atoms with E-state index < -0.39 is 11.9 Å². The molecule has 2 heterocycles. The highest BCUT2D eigenvalue weighted by Crippen LogP contribution is 2.18. The average molecular weight is 254 g/mol. The minimum atomic E-state index is -0.815. The van der Waals surface area contributed by atoms with Crippen molar-refractivity contribution < 1.29 is 14.7 Å². The van der Waals surface area contributed by atoms with Crippen molar-refractivity contribution in [2.45, 2.75) is 19.8 Å². The van der Waals surface area contributed by atoms with Gasteiger partial charge in [-0.2, -0.15) is 0 Å². The Morgan fingerprint density at radius 2 is 2.41 bits per heavy atom. The van der Waals surface area contributed by atoms with Crippen LogP contribution >= 0.6 is 11.3 Å². The van der Waals surface area contributed by atoms with Gasteiger partial charge in [-0.3, -0.25) is 9.59 Å². The van der Waals surface area contributed by atoms with Gasteiger partial charge in [0.1, 0.15) is 0 Å². The van der Waals surface area contributed by atoms with Crippen molar-refractivity contribution in [3.63, 3.8) is 0 Å². The Morgan fingerprint density at radius 1 is 1.65 bits per heavy atom. The molecular formula is C11H14N2O3S. The van der Waals surface area contributed by atoms with Gasteiger partial charge in [-0.25, -0.2) is 4.98 Å². The maximum absolute atomic E-state index is 11.9. The number of hydrogen-bond donors (Lipinski definition) is 1. The van der Waals surface area contributed by atoms with Gasteiger partial charge < -0.3 is 10.0 Å². The molecule has 0 radical (unpaired) electrons. The summed E-state index contributed by atoms with van der Waals surface area (Å²) in [6.07, 6.45) is 0.827. The van der Waals surface area contributed by atoms with Gasteiger partial charge in [0.05, 0.1) is 23.0 Å². The standard InChI is InChI=1S/C11H14N2O3S/c1-7-12-9(6-17-7)4-10(14)13-3-2-8(5-13)11(15)16/h6,8H,2-5H2,1H3,(H,15,16)/t8-/m1/s1. The highest BCUT2D eigenvalue weighted by Gasteiger charge is 2.30. The van der Waals surface area contributed by atoms with Crippen LogP contribution < -0.4 is 0 Å². The van der Waals surface area contributed by atoms with Crippen molar-refractivity contribution in [2.75, 3.05) is 13.1 Å². The highest BCUT2D eigenvalue weighted by atomic mass is 32.1. The number of rotatable bonds is 3. The molecule has 5 nitrogen and oxygen atoms in total. The first-order chi connectivity index (χ1) is 8.06. The smallest absolute Gasteiger partial charge is 0.308 e. The summed E-state index contributed by atoms with van der Waals surface area (Å²) in [4.78, 5) is 28.5. The summed E-state index contributed by atoms with van der Waals surface area (Å²) >= 11 is 1.52. The lowest BCUT2D eigenvalue weighted by Crippen LogP contribution is -2.31. The van der Waals surface area contributed by atoms with E-state index >= 15 is 0 Å². The third-order valence-corrected chi connectivity index (χ3v) is 3.71. The Balaban J connectivity index is 1.91. The van der Waals surface area contributed by atoms with Crippen LogP contribution in [0.4, 0.5) is 0 Å². The topological polar surface area (TPSA) is 70.5 Å². The first-order valence-corrected chi connectivity index (χ1v) is 6.36. The number of aliphatic carboxylic acids is 1. The van der Waals surface area contributed by atoms with Crippen LogP contribution in [-0.4, -0.2) is 40.0 Å². The van der Waals surface area contributed by atoms with Crippen molar-refractivity contribution >= 4 is 23.2 Å². The van der Waals surface area contributed by atoms with Crippen molar-refractivity contribution in [1.29, 1.82) is 0 Å². The molecule has 1 aromatic rings. The molecule has 6 heteroatoms. The Labute approximate surface area is 103 Å². The van der Waals surface area contributed by atoms with Gasteiger partial charge in [-0.1, -0.05) is 0 Å². The number of aromatic nitrogens is 1. The van der Waals surface area contributed by atoms with Gasteiger partial charge in [-0.15, -0.1) is 11.3 Å². The van der Waals surface area contributed by atoms with Crippen LogP contribution in [0.2, 0.25) is 0 Å². The van der Waals surface area contributed by atoms with Crippen LogP contribution in [0.3, 0.4) is 0 Å². The zero-order valence-corrected chi connectivity index (χ0v) is 10.4. The fraction of sp³-hybridized carbons (Fsp3) is 0.545. The summed E-state index contributed by atoms with van der Waals surface area (Å²) in [5.74, 6) is -1.25. The van der Waals surface area contributed by atoms with Crippen LogP contribution in [-0.2, 0) is 16.0 Å². The third kappa shape index (κ3) is 2.82. The lowest BCUT2D eigenvalue weighted by molar-refractivity contribution is -0.141. The summed E-state index contributed by atoms with van der Waals surface area (Å²) in [5.41, 5.74) is 0.774.